The lowest BCUT2D eigenvalue weighted by Crippen LogP contribution is -2.42. The van der Waals surface area contributed by atoms with Gasteiger partial charge in [0.25, 0.3) is 0 Å². The number of nitrogens with two attached hydrogens (primary N) is 1. The average molecular weight is 214 g/mol. The van der Waals surface area contributed by atoms with Gasteiger partial charge in [0, 0.05) is 5.54 Å². The SMILES string of the molecule is CC1(Nc2nc(N)nc(Cl)n2)CCC1. The summed E-state index contributed by atoms with van der Waals surface area (Å²) < 4.78 is 0. The molecule has 0 unspecified atom stereocenters. The number of nitrogens with one attached hydrogen (secondary N) is 1. The summed E-state index contributed by atoms with van der Waals surface area (Å²) in [6.45, 7) is 2.13. The van der Waals surface area contributed by atoms with Crippen LogP contribution in [0.2, 0.25) is 5.28 Å². The minimum absolute atomic E-state index is 0.0944. The van der Waals surface area contributed by atoms with Gasteiger partial charge in [0.05, 0.1) is 0 Å². The molecule has 1 aromatic rings. The molecule has 6 heteroatoms. The van der Waals surface area contributed by atoms with E-state index >= 15 is 0 Å². The predicted molar refractivity (Wildman–Crippen MR) is 55.1 cm³/mol. The molecule has 0 aliphatic heterocycles. The van der Waals surface area contributed by atoms with Crippen molar-refractivity contribution >= 4 is 23.5 Å². The predicted octanol–water partition coefficient (Wildman–Crippen LogP) is 1.46. The van der Waals surface area contributed by atoms with Crippen molar-refractivity contribution in [3.63, 3.8) is 0 Å². The van der Waals surface area contributed by atoms with E-state index in [0.717, 1.165) is 12.8 Å². The van der Waals surface area contributed by atoms with Crippen LogP contribution in [0.15, 0.2) is 0 Å². The highest BCUT2D eigenvalue weighted by Crippen LogP contribution is 2.33. The molecule has 0 amide bonds. The number of nitrogens with zero attached hydrogens (tertiary/aromatic N) is 3. The summed E-state index contributed by atoms with van der Waals surface area (Å²) in [5.74, 6) is 0.611. The Morgan fingerprint density at radius 3 is 2.57 bits per heavy atom. The molecular formula is C8H12ClN5. The molecule has 0 bridgehead atoms. The van der Waals surface area contributed by atoms with Crippen LogP contribution in [0.4, 0.5) is 11.9 Å². The van der Waals surface area contributed by atoms with Crippen LogP contribution in [-0.4, -0.2) is 20.5 Å². The van der Waals surface area contributed by atoms with Gasteiger partial charge < -0.3 is 11.1 Å². The Kier molecular flexibility index (Phi) is 2.19. The van der Waals surface area contributed by atoms with Crippen LogP contribution in [-0.2, 0) is 0 Å². The van der Waals surface area contributed by atoms with Crippen molar-refractivity contribution in [3.05, 3.63) is 5.28 Å². The average Bonchev–Trinajstić information content (AvgIpc) is 1.99. The van der Waals surface area contributed by atoms with E-state index in [1.807, 2.05) is 0 Å². The van der Waals surface area contributed by atoms with Gasteiger partial charge in [0.15, 0.2) is 0 Å². The summed E-state index contributed by atoms with van der Waals surface area (Å²) in [6, 6.07) is 0. The van der Waals surface area contributed by atoms with Crippen molar-refractivity contribution in [2.45, 2.75) is 31.7 Å². The molecule has 1 fully saturated rings. The van der Waals surface area contributed by atoms with Gasteiger partial charge in [-0.1, -0.05) is 0 Å². The van der Waals surface area contributed by atoms with Gasteiger partial charge in [-0.05, 0) is 37.8 Å². The first kappa shape index (κ1) is 9.45. The van der Waals surface area contributed by atoms with Crippen molar-refractivity contribution in [3.8, 4) is 0 Å². The van der Waals surface area contributed by atoms with Crippen molar-refractivity contribution in [1.82, 2.24) is 15.0 Å². The lowest BCUT2D eigenvalue weighted by molar-refractivity contribution is 0.304. The Bertz CT molecular complexity index is 329. The van der Waals surface area contributed by atoms with Gasteiger partial charge in [-0.3, -0.25) is 0 Å². The van der Waals surface area contributed by atoms with Crippen molar-refractivity contribution in [2.24, 2.45) is 0 Å². The molecule has 76 valence electrons. The summed E-state index contributed by atoms with van der Waals surface area (Å²) in [4.78, 5) is 11.6. The number of aromatic nitrogens is 3. The van der Waals surface area contributed by atoms with Crippen LogP contribution in [0.3, 0.4) is 0 Å². The van der Waals surface area contributed by atoms with Crippen LogP contribution in [0.25, 0.3) is 0 Å². The third-order valence-corrected chi connectivity index (χ3v) is 2.67. The van der Waals surface area contributed by atoms with Crippen molar-refractivity contribution in [2.75, 3.05) is 11.1 Å². The van der Waals surface area contributed by atoms with E-state index in [0.29, 0.717) is 5.95 Å². The number of rotatable bonds is 2. The third kappa shape index (κ3) is 1.87. The highest BCUT2D eigenvalue weighted by molar-refractivity contribution is 6.28. The Morgan fingerprint density at radius 1 is 1.36 bits per heavy atom. The van der Waals surface area contributed by atoms with Crippen LogP contribution in [0.1, 0.15) is 26.2 Å². The molecule has 5 nitrogen and oxygen atoms in total. The van der Waals surface area contributed by atoms with Crippen LogP contribution >= 0.6 is 11.6 Å². The number of hydrogen-bond donors (Lipinski definition) is 2. The lowest BCUT2D eigenvalue weighted by atomic mass is 9.79. The van der Waals surface area contributed by atoms with Gasteiger partial charge in [0.2, 0.25) is 17.2 Å². The normalized spacial score (nSPS) is 18.7. The molecule has 2 rings (SSSR count). The quantitative estimate of drug-likeness (QED) is 0.778. The third-order valence-electron chi connectivity index (χ3n) is 2.50. The Labute approximate surface area is 87.1 Å². The largest absolute Gasteiger partial charge is 0.368 e. The van der Waals surface area contributed by atoms with E-state index in [1.165, 1.54) is 6.42 Å². The summed E-state index contributed by atoms with van der Waals surface area (Å²) in [5, 5.41) is 3.34. The van der Waals surface area contributed by atoms with E-state index in [2.05, 4.69) is 27.2 Å². The number of anilines is 2. The molecule has 0 aromatic carbocycles. The zero-order chi connectivity index (χ0) is 10.2. The van der Waals surface area contributed by atoms with E-state index in [4.69, 9.17) is 17.3 Å². The molecule has 1 aromatic heterocycles. The molecule has 1 aliphatic rings. The number of hydrogen-bond acceptors (Lipinski definition) is 5. The Morgan fingerprint density at radius 2 is 2.07 bits per heavy atom. The molecule has 3 N–H and O–H groups in total. The topological polar surface area (TPSA) is 76.7 Å². The molecule has 1 aliphatic carbocycles. The van der Waals surface area contributed by atoms with Gasteiger partial charge in [-0.15, -0.1) is 0 Å². The van der Waals surface area contributed by atoms with Gasteiger partial charge in [-0.25, -0.2) is 0 Å². The fourth-order valence-electron chi connectivity index (χ4n) is 1.52. The smallest absolute Gasteiger partial charge is 0.229 e. The molecule has 1 saturated carbocycles. The fourth-order valence-corrected chi connectivity index (χ4v) is 1.69. The summed E-state index contributed by atoms with van der Waals surface area (Å²) in [6.07, 6.45) is 3.48. The molecule has 0 spiro atoms. The maximum Gasteiger partial charge on any atom is 0.229 e. The second-order valence-corrected chi connectivity index (χ2v) is 4.16. The molecule has 1 heterocycles. The van der Waals surface area contributed by atoms with E-state index in [1.54, 1.807) is 0 Å². The van der Waals surface area contributed by atoms with E-state index in [9.17, 15) is 0 Å². The maximum atomic E-state index is 5.66. The minimum atomic E-state index is 0.0944. The maximum absolute atomic E-state index is 5.66. The first-order valence-corrected chi connectivity index (χ1v) is 4.90. The van der Waals surface area contributed by atoms with E-state index < -0.39 is 0 Å². The first-order chi connectivity index (χ1) is 6.57. The highest BCUT2D eigenvalue weighted by Gasteiger charge is 2.32. The molecular weight excluding hydrogens is 202 g/mol. The van der Waals surface area contributed by atoms with Crippen LogP contribution in [0, 0.1) is 0 Å². The van der Waals surface area contributed by atoms with Gasteiger partial charge >= 0.3 is 0 Å². The lowest BCUT2D eigenvalue weighted by Gasteiger charge is -2.39. The number of halogens is 1. The standard InChI is InChI=1S/C8H12ClN5/c1-8(3-2-4-8)14-7-12-5(9)11-6(10)13-7/h2-4H2,1H3,(H3,10,11,12,13,14). The van der Waals surface area contributed by atoms with Gasteiger partial charge in [-0.2, -0.15) is 15.0 Å². The molecule has 14 heavy (non-hydrogen) atoms. The Hall–Kier alpha value is -1.10. The summed E-state index contributed by atoms with van der Waals surface area (Å²) >= 11 is 5.66. The van der Waals surface area contributed by atoms with Crippen molar-refractivity contribution < 1.29 is 0 Å². The highest BCUT2D eigenvalue weighted by atomic mass is 35.5. The minimum Gasteiger partial charge on any atom is -0.368 e. The molecule has 0 saturated heterocycles. The Balaban J connectivity index is 2.16. The summed E-state index contributed by atoms with van der Waals surface area (Å²) in [5.41, 5.74) is 5.55. The van der Waals surface area contributed by atoms with Crippen LogP contribution in [0.5, 0.6) is 0 Å². The zero-order valence-electron chi connectivity index (χ0n) is 7.92. The molecule has 0 atom stereocenters. The fraction of sp³-hybridized carbons (Fsp3) is 0.625. The second kappa shape index (κ2) is 3.24. The van der Waals surface area contributed by atoms with Crippen LogP contribution < -0.4 is 11.1 Å². The molecule has 0 radical (unpaired) electrons. The second-order valence-electron chi connectivity index (χ2n) is 3.83. The first-order valence-electron chi connectivity index (χ1n) is 4.53. The number of nitrogen functional groups attached to an aromatic ring is 1. The van der Waals surface area contributed by atoms with E-state index in [-0.39, 0.29) is 16.8 Å². The monoisotopic (exact) mass is 213 g/mol. The van der Waals surface area contributed by atoms with Gasteiger partial charge in [0.1, 0.15) is 0 Å². The van der Waals surface area contributed by atoms with Crippen molar-refractivity contribution in [1.29, 1.82) is 0 Å². The summed E-state index contributed by atoms with van der Waals surface area (Å²) in [7, 11) is 0. The zero-order valence-corrected chi connectivity index (χ0v) is 8.67.